The van der Waals surface area contributed by atoms with Gasteiger partial charge in [-0.1, -0.05) is 11.3 Å². The predicted octanol–water partition coefficient (Wildman–Crippen LogP) is 2.51. The number of aromatic nitrogens is 1. The molecule has 1 aromatic heterocycles. The highest BCUT2D eigenvalue weighted by Gasteiger charge is 2.19. The normalized spacial score (nSPS) is 12.8. The first-order chi connectivity index (χ1) is 15.1. The smallest absolute Gasteiger partial charge is 0.326 e. The lowest BCUT2D eigenvalue weighted by Crippen LogP contribution is -2.24. The monoisotopic (exact) mass is 444 g/mol. The fourth-order valence-electron chi connectivity index (χ4n) is 2.99. The fraction of sp³-hybridized carbons (Fsp3) is 0.286. The molecule has 4 rings (SSSR count). The van der Waals surface area contributed by atoms with Gasteiger partial charge in [-0.2, -0.15) is 4.99 Å². The molecule has 1 amide bonds. The SMILES string of the molecule is CCOC(=O)Cn1c(=NC(=O)COc2ccc(OC)cc2)sc2cc3c(cc21)OCO3. The molecule has 31 heavy (non-hydrogen) atoms. The second-order valence-corrected chi connectivity index (χ2v) is 7.43. The second kappa shape index (κ2) is 9.09. The van der Waals surface area contributed by atoms with Gasteiger partial charge in [0.05, 0.1) is 23.9 Å². The number of rotatable bonds is 7. The summed E-state index contributed by atoms with van der Waals surface area (Å²) < 4.78 is 29.0. The molecule has 0 fully saturated rings. The number of carbonyl (C=O) groups excluding carboxylic acids is 2. The Hall–Kier alpha value is -3.53. The topological polar surface area (TPSA) is 97.6 Å². The number of ether oxygens (including phenoxy) is 5. The first-order valence-electron chi connectivity index (χ1n) is 9.50. The Kier molecular flexibility index (Phi) is 6.08. The van der Waals surface area contributed by atoms with Gasteiger partial charge in [0.15, 0.2) is 22.9 Å². The van der Waals surface area contributed by atoms with Crippen LogP contribution in [0.15, 0.2) is 41.4 Å². The molecule has 0 N–H and O–H groups in total. The zero-order valence-electron chi connectivity index (χ0n) is 17.0. The number of benzene rings is 2. The van der Waals surface area contributed by atoms with Gasteiger partial charge in [0.2, 0.25) is 6.79 Å². The summed E-state index contributed by atoms with van der Waals surface area (Å²) in [6.07, 6.45) is 0. The minimum Gasteiger partial charge on any atom is -0.497 e. The quantitative estimate of drug-likeness (QED) is 0.517. The van der Waals surface area contributed by atoms with Crippen molar-refractivity contribution in [3.63, 3.8) is 0 Å². The van der Waals surface area contributed by atoms with Crippen molar-refractivity contribution in [3.8, 4) is 23.0 Å². The number of fused-ring (bicyclic) bond motifs is 2. The van der Waals surface area contributed by atoms with Crippen molar-refractivity contribution < 1.29 is 33.3 Å². The molecule has 0 spiro atoms. The zero-order chi connectivity index (χ0) is 21.8. The molecule has 3 aromatic rings. The molecule has 0 bridgehead atoms. The molecule has 2 aromatic carbocycles. The highest BCUT2D eigenvalue weighted by molar-refractivity contribution is 7.16. The van der Waals surface area contributed by atoms with Crippen LogP contribution in [0, 0.1) is 0 Å². The van der Waals surface area contributed by atoms with Crippen LogP contribution in [0.25, 0.3) is 10.2 Å². The van der Waals surface area contributed by atoms with Gasteiger partial charge in [-0.05, 0) is 31.2 Å². The number of hydrogen-bond donors (Lipinski definition) is 0. The van der Waals surface area contributed by atoms with Gasteiger partial charge in [0, 0.05) is 12.1 Å². The van der Waals surface area contributed by atoms with E-state index >= 15 is 0 Å². The number of methoxy groups -OCH3 is 1. The van der Waals surface area contributed by atoms with Crippen LogP contribution in [-0.2, 0) is 20.9 Å². The molecular weight excluding hydrogens is 424 g/mol. The third kappa shape index (κ3) is 4.64. The Morgan fingerprint density at radius 2 is 1.84 bits per heavy atom. The number of nitrogens with zero attached hydrogens (tertiary/aromatic N) is 2. The highest BCUT2D eigenvalue weighted by Crippen LogP contribution is 2.37. The van der Waals surface area contributed by atoms with Crippen LogP contribution in [0.4, 0.5) is 0 Å². The lowest BCUT2D eigenvalue weighted by atomic mass is 10.3. The molecule has 1 aliphatic heterocycles. The van der Waals surface area contributed by atoms with Gasteiger partial charge < -0.3 is 28.3 Å². The van der Waals surface area contributed by atoms with Crippen LogP contribution in [0.1, 0.15) is 6.92 Å². The summed E-state index contributed by atoms with van der Waals surface area (Å²) in [5.41, 5.74) is 0.699. The Labute approximate surface area is 181 Å². The number of carbonyl (C=O) groups is 2. The summed E-state index contributed by atoms with van der Waals surface area (Å²) >= 11 is 1.26. The highest BCUT2D eigenvalue weighted by atomic mass is 32.1. The van der Waals surface area contributed by atoms with E-state index in [4.69, 9.17) is 23.7 Å². The van der Waals surface area contributed by atoms with Crippen molar-refractivity contribution in [1.82, 2.24) is 4.57 Å². The van der Waals surface area contributed by atoms with Crippen molar-refractivity contribution in [2.75, 3.05) is 27.1 Å². The van der Waals surface area contributed by atoms with Crippen molar-refractivity contribution in [1.29, 1.82) is 0 Å². The minimum atomic E-state index is -0.486. The van der Waals surface area contributed by atoms with Gasteiger partial charge >= 0.3 is 5.97 Å². The summed E-state index contributed by atoms with van der Waals surface area (Å²) in [7, 11) is 1.57. The zero-order valence-corrected chi connectivity index (χ0v) is 17.8. The van der Waals surface area contributed by atoms with E-state index < -0.39 is 11.9 Å². The largest absolute Gasteiger partial charge is 0.497 e. The average Bonchev–Trinajstić information content (AvgIpc) is 3.35. The third-order valence-corrected chi connectivity index (χ3v) is 5.45. The van der Waals surface area contributed by atoms with Gasteiger partial charge in [-0.3, -0.25) is 9.59 Å². The van der Waals surface area contributed by atoms with Crippen LogP contribution in [0.2, 0.25) is 0 Å². The molecule has 162 valence electrons. The summed E-state index contributed by atoms with van der Waals surface area (Å²) in [5, 5.41) is 0. The summed E-state index contributed by atoms with van der Waals surface area (Å²) in [6.45, 7) is 1.80. The van der Waals surface area contributed by atoms with E-state index in [9.17, 15) is 9.59 Å². The van der Waals surface area contributed by atoms with E-state index in [0.29, 0.717) is 33.3 Å². The van der Waals surface area contributed by atoms with Gasteiger partial charge in [-0.15, -0.1) is 0 Å². The number of esters is 1. The van der Waals surface area contributed by atoms with Crippen molar-refractivity contribution >= 4 is 33.4 Å². The summed E-state index contributed by atoms with van der Waals surface area (Å²) in [5.74, 6) is 1.48. The molecule has 0 aliphatic carbocycles. The van der Waals surface area contributed by atoms with Crippen LogP contribution >= 0.6 is 11.3 Å². The minimum absolute atomic E-state index is 0.0844. The van der Waals surface area contributed by atoms with Crippen molar-refractivity contribution in [2.45, 2.75) is 13.5 Å². The van der Waals surface area contributed by atoms with Crippen molar-refractivity contribution in [2.24, 2.45) is 4.99 Å². The second-order valence-electron chi connectivity index (χ2n) is 6.42. The summed E-state index contributed by atoms with van der Waals surface area (Å²) in [6, 6.07) is 10.5. The Morgan fingerprint density at radius 1 is 1.13 bits per heavy atom. The molecular formula is C21H20N2O7S. The van der Waals surface area contributed by atoms with Crippen LogP contribution in [-0.4, -0.2) is 43.6 Å². The Balaban J connectivity index is 1.61. The molecule has 0 saturated carbocycles. The van der Waals surface area contributed by atoms with Gasteiger partial charge in [-0.25, -0.2) is 0 Å². The predicted molar refractivity (Wildman–Crippen MR) is 112 cm³/mol. The molecule has 0 atom stereocenters. The molecule has 9 nitrogen and oxygen atoms in total. The molecule has 2 heterocycles. The number of thiazole rings is 1. The summed E-state index contributed by atoms with van der Waals surface area (Å²) in [4.78, 5) is 29.1. The Morgan fingerprint density at radius 3 is 2.55 bits per heavy atom. The molecule has 10 heteroatoms. The van der Waals surface area contributed by atoms with E-state index in [1.807, 2.05) is 0 Å². The van der Waals surface area contributed by atoms with Gasteiger partial charge in [0.25, 0.3) is 5.91 Å². The number of amides is 1. The lowest BCUT2D eigenvalue weighted by Gasteiger charge is -2.06. The van der Waals surface area contributed by atoms with Crippen LogP contribution in [0.5, 0.6) is 23.0 Å². The maximum absolute atomic E-state index is 12.5. The average molecular weight is 444 g/mol. The fourth-order valence-corrected chi connectivity index (χ4v) is 4.05. The first kappa shape index (κ1) is 20.7. The van der Waals surface area contributed by atoms with E-state index in [1.165, 1.54) is 11.3 Å². The van der Waals surface area contributed by atoms with Crippen LogP contribution in [0.3, 0.4) is 0 Å². The molecule has 1 aliphatic rings. The maximum atomic E-state index is 12.5. The van der Waals surface area contributed by atoms with Crippen molar-refractivity contribution in [3.05, 3.63) is 41.2 Å². The Bertz CT molecular complexity index is 1180. The first-order valence-corrected chi connectivity index (χ1v) is 10.3. The lowest BCUT2D eigenvalue weighted by molar-refractivity contribution is -0.143. The number of hydrogen-bond acceptors (Lipinski definition) is 8. The van der Waals surface area contributed by atoms with Gasteiger partial charge in [0.1, 0.15) is 18.0 Å². The van der Waals surface area contributed by atoms with E-state index in [1.54, 1.807) is 55.0 Å². The van der Waals surface area contributed by atoms with E-state index in [-0.39, 0.29) is 26.6 Å². The molecule has 0 unspecified atom stereocenters. The standard InChI is InChI=1S/C21H20N2O7S/c1-3-27-20(25)10-23-15-8-16-17(30-12-29-16)9-18(15)31-21(23)22-19(24)11-28-14-6-4-13(26-2)5-7-14/h4-9H,3,10-12H2,1-2H3. The molecule has 0 radical (unpaired) electrons. The maximum Gasteiger partial charge on any atom is 0.326 e. The molecule has 0 saturated heterocycles. The van der Waals surface area contributed by atoms with Crippen LogP contribution < -0.4 is 23.7 Å². The third-order valence-electron chi connectivity index (χ3n) is 4.41. The van der Waals surface area contributed by atoms with E-state index in [0.717, 1.165) is 4.70 Å². The van der Waals surface area contributed by atoms with E-state index in [2.05, 4.69) is 4.99 Å².